The fourth-order valence-electron chi connectivity index (χ4n) is 1.31. The van der Waals surface area contributed by atoms with E-state index in [1.54, 1.807) is 22.9 Å². The number of hydrogen-bond acceptors (Lipinski definition) is 4. The summed E-state index contributed by atoms with van der Waals surface area (Å²) < 4.78 is 6.48. The maximum Gasteiger partial charge on any atom is 0.358 e. The summed E-state index contributed by atoms with van der Waals surface area (Å²) in [6, 6.07) is 6.74. The van der Waals surface area contributed by atoms with Crippen molar-refractivity contribution in [3.63, 3.8) is 0 Å². The number of carboxylic acids is 1. The van der Waals surface area contributed by atoms with Crippen molar-refractivity contribution < 1.29 is 14.4 Å². The van der Waals surface area contributed by atoms with Gasteiger partial charge in [0.2, 0.25) is 0 Å². The number of aromatic nitrogens is 2. The number of carbonyl (C=O) groups is 1. The van der Waals surface area contributed by atoms with Crippen LogP contribution in [-0.2, 0) is 6.54 Å². The minimum Gasteiger partial charge on any atom is -0.476 e. The Morgan fingerprint density at radius 1 is 1.69 bits per heavy atom. The second-order valence-electron chi connectivity index (χ2n) is 3.12. The van der Waals surface area contributed by atoms with Crippen molar-refractivity contribution in [1.82, 2.24) is 9.72 Å². The first-order chi connectivity index (χ1) is 7.70. The van der Waals surface area contributed by atoms with Crippen LogP contribution in [0.2, 0.25) is 0 Å². The van der Waals surface area contributed by atoms with Gasteiger partial charge in [0.15, 0.2) is 11.5 Å². The summed E-state index contributed by atoms with van der Waals surface area (Å²) in [7, 11) is 0. The van der Waals surface area contributed by atoms with Gasteiger partial charge in [0.25, 0.3) is 0 Å². The first kappa shape index (κ1) is 9.98. The Hall–Kier alpha value is -2.55. The Morgan fingerprint density at radius 2 is 2.50 bits per heavy atom. The molecule has 2 rings (SSSR count). The van der Waals surface area contributed by atoms with Gasteiger partial charge in [-0.3, -0.25) is 0 Å². The van der Waals surface area contributed by atoms with E-state index in [0.717, 1.165) is 0 Å². The van der Waals surface area contributed by atoms with Crippen LogP contribution in [0.5, 0.6) is 0 Å². The molecule has 0 bridgehead atoms. The second kappa shape index (κ2) is 3.90. The summed E-state index contributed by atoms with van der Waals surface area (Å²) >= 11 is 0. The highest BCUT2D eigenvalue weighted by Crippen LogP contribution is 2.08. The van der Waals surface area contributed by atoms with Crippen molar-refractivity contribution >= 4 is 5.97 Å². The van der Waals surface area contributed by atoms with Crippen LogP contribution in [-0.4, -0.2) is 20.8 Å². The number of carboxylic acid groups (broad SMARTS) is 1. The molecule has 0 aliphatic carbocycles. The van der Waals surface area contributed by atoms with E-state index in [-0.39, 0.29) is 12.2 Å². The van der Waals surface area contributed by atoms with Crippen LogP contribution < -0.4 is 0 Å². The summed E-state index contributed by atoms with van der Waals surface area (Å²) in [5.74, 6) is -0.742. The van der Waals surface area contributed by atoms with E-state index in [1.807, 2.05) is 6.07 Å². The Morgan fingerprint density at radius 3 is 3.12 bits per heavy atom. The highest BCUT2D eigenvalue weighted by atomic mass is 16.5. The van der Waals surface area contributed by atoms with Crippen LogP contribution in [0.15, 0.2) is 28.9 Å². The largest absolute Gasteiger partial charge is 0.476 e. The summed E-state index contributed by atoms with van der Waals surface area (Å²) in [6.45, 7) is 0.288. The van der Waals surface area contributed by atoms with Crippen molar-refractivity contribution in [2.24, 2.45) is 0 Å². The highest BCUT2D eigenvalue weighted by molar-refractivity contribution is 5.85. The third-order valence-corrected chi connectivity index (χ3v) is 2.05. The van der Waals surface area contributed by atoms with Crippen LogP contribution in [0.4, 0.5) is 0 Å². The van der Waals surface area contributed by atoms with Crippen molar-refractivity contribution in [1.29, 1.82) is 5.26 Å². The molecular weight excluding hydrogens is 210 g/mol. The molecular formula is C10H7N3O3. The number of rotatable bonds is 3. The van der Waals surface area contributed by atoms with E-state index in [4.69, 9.17) is 14.9 Å². The van der Waals surface area contributed by atoms with Gasteiger partial charge in [-0.2, -0.15) is 5.26 Å². The molecule has 0 spiro atoms. The number of nitrogens with zero attached hydrogens (tertiary/aromatic N) is 3. The Labute approximate surface area is 90.3 Å². The van der Waals surface area contributed by atoms with Crippen molar-refractivity contribution in [3.8, 4) is 6.07 Å². The maximum absolute atomic E-state index is 10.6. The zero-order valence-electron chi connectivity index (χ0n) is 8.12. The molecule has 6 nitrogen and oxygen atoms in total. The van der Waals surface area contributed by atoms with Gasteiger partial charge in [-0.05, 0) is 12.1 Å². The number of nitriles is 1. The van der Waals surface area contributed by atoms with Crippen LogP contribution in [0.3, 0.4) is 0 Å². The van der Waals surface area contributed by atoms with Crippen LogP contribution in [0.1, 0.15) is 21.9 Å². The molecule has 2 aromatic rings. The molecule has 6 heteroatoms. The van der Waals surface area contributed by atoms with E-state index in [2.05, 4.69) is 5.16 Å². The first-order valence-corrected chi connectivity index (χ1v) is 4.45. The smallest absolute Gasteiger partial charge is 0.358 e. The van der Waals surface area contributed by atoms with Crippen LogP contribution >= 0.6 is 0 Å². The quantitative estimate of drug-likeness (QED) is 0.830. The molecule has 0 aromatic carbocycles. The molecule has 0 fully saturated rings. The zero-order chi connectivity index (χ0) is 11.5. The molecule has 2 aromatic heterocycles. The molecule has 16 heavy (non-hydrogen) atoms. The van der Waals surface area contributed by atoms with Crippen molar-refractivity contribution in [2.75, 3.05) is 0 Å². The third kappa shape index (κ3) is 1.79. The van der Waals surface area contributed by atoms with Gasteiger partial charge < -0.3 is 14.2 Å². The predicted octanol–water partition coefficient (Wildman–Crippen LogP) is 1.09. The van der Waals surface area contributed by atoms with E-state index >= 15 is 0 Å². The average Bonchev–Trinajstić information content (AvgIpc) is 2.87. The Kier molecular flexibility index (Phi) is 2.44. The molecule has 0 aliphatic heterocycles. The van der Waals surface area contributed by atoms with Gasteiger partial charge in [-0.25, -0.2) is 4.79 Å². The lowest BCUT2D eigenvalue weighted by molar-refractivity contribution is 0.0685. The summed E-state index contributed by atoms with van der Waals surface area (Å²) in [4.78, 5) is 10.6. The molecule has 80 valence electrons. The van der Waals surface area contributed by atoms with Gasteiger partial charge in [-0.15, -0.1) is 0 Å². The lowest BCUT2D eigenvalue weighted by Crippen LogP contribution is -1.99. The maximum atomic E-state index is 10.6. The lowest BCUT2D eigenvalue weighted by Gasteiger charge is -1.99. The molecule has 0 aliphatic rings. The lowest BCUT2D eigenvalue weighted by atomic mass is 10.3. The van der Waals surface area contributed by atoms with Crippen molar-refractivity contribution in [2.45, 2.75) is 6.54 Å². The summed E-state index contributed by atoms with van der Waals surface area (Å²) in [5, 5.41) is 20.8. The number of hydrogen-bond donors (Lipinski definition) is 1. The SMILES string of the molecule is N#Cc1cccn1Cc1cc(C(=O)O)no1. The molecule has 0 amide bonds. The molecule has 0 radical (unpaired) electrons. The van der Waals surface area contributed by atoms with Crippen LogP contribution in [0, 0.1) is 11.3 Å². The van der Waals surface area contributed by atoms with Gasteiger partial charge >= 0.3 is 5.97 Å². The molecule has 0 atom stereocenters. The fraction of sp³-hybridized carbons (Fsp3) is 0.100. The van der Waals surface area contributed by atoms with Gasteiger partial charge in [0.1, 0.15) is 11.8 Å². The molecule has 2 heterocycles. The zero-order valence-corrected chi connectivity index (χ0v) is 8.12. The molecule has 0 saturated carbocycles. The first-order valence-electron chi connectivity index (χ1n) is 4.45. The average molecular weight is 217 g/mol. The summed E-state index contributed by atoms with van der Waals surface area (Å²) in [6.07, 6.45) is 1.71. The van der Waals surface area contributed by atoms with E-state index in [9.17, 15) is 4.79 Å². The normalized spacial score (nSPS) is 9.94. The Balaban J connectivity index is 2.21. The monoisotopic (exact) mass is 217 g/mol. The van der Waals surface area contributed by atoms with Gasteiger partial charge in [0.05, 0.1) is 6.54 Å². The molecule has 0 unspecified atom stereocenters. The van der Waals surface area contributed by atoms with Gasteiger partial charge in [-0.1, -0.05) is 5.16 Å². The van der Waals surface area contributed by atoms with E-state index in [1.165, 1.54) is 6.07 Å². The predicted molar refractivity (Wildman–Crippen MR) is 51.7 cm³/mol. The fourth-order valence-corrected chi connectivity index (χ4v) is 1.31. The Bertz CT molecular complexity index is 562. The van der Waals surface area contributed by atoms with Crippen molar-refractivity contribution in [3.05, 3.63) is 41.5 Å². The molecule has 1 N–H and O–H groups in total. The van der Waals surface area contributed by atoms with Gasteiger partial charge in [0, 0.05) is 12.3 Å². The highest BCUT2D eigenvalue weighted by Gasteiger charge is 2.11. The third-order valence-electron chi connectivity index (χ3n) is 2.05. The van der Waals surface area contributed by atoms with Crippen LogP contribution in [0.25, 0.3) is 0 Å². The standard InChI is InChI=1S/C10H7N3O3/c11-5-7-2-1-3-13(7)6-8-4-9(10(14)15)12-16-8/h1-4H,6H2,(H,14,15). The minimum absolute atomic E-state index is 0.138. The van der Waals surface area contributed by atoms with E-state index < -0.39 is 5.97 Å². The second-order valence-corrected chi connectivity index (χ2v) is 3.12. The van der Waals surface area contributed by atoms with E-state index in [0.29, 0.717) is 11.5 Å². The number of aromatic carboxylic acids is 1. The minimum atomic E-state index is -1.14. The topological polar surface area (TPSA) is 92.0 Å². The molecule has 0 saturated heterocycles. The summed E-state index contributed by atoms with van der Waals surface area (Å²) in [5.41, 5.74) is 0.342.